The summed E-state index contributed by atoms with van der Waals surface area (Å²) in [5, 5.41) is 10.5. The molecule has 0 unspecified atom stereocenters. The van der Waals surface area contributed by atoms with E-state index in [1.165, 1.54) is 18.2 Å². The Morgan fingerprint density at radius 2 is 1.63 bits per heavy atom. The second-order valence-electron chi connectivity index (χ2n) is 4.51. The highest BCUT2D eigenvalue weighted by Crippen LogP contribution is 2.15. The maximum Gasteiger partial charge on any atom is 0.269 e. The standard InChI is InChI=1S/C15H14FNO2/c1-11-10-13(6-9-15(11)16)3-2-12-4-7-14(8-5-12)17(18)19/h4-10H,2-3H2,1H3. The van der Waals surface area contributed by atoms with Crippen LogP contribution in [-0.2, 0) is 12.8 Å². The lowest BCUT2D eigenvalue weighted by molar-refractivity contribution is -0.384. The van der Waals surface area contributed by atoms with Gasteiger partial charge in [0.2, 0.25) is 0 Å². The molecule has 0 saturated carbocycles. The molecule has 2 aromatic carbocycles. The number of non-ortho nitro benzene ring substituents is 1. The van der Waals surface area contributed by atoms with E-state index in [0.29, 0.717) is 5.56 Å². The van der Waals surface area contributed by atoms with Crippen LogP contribution < -0.4 is 0 Å². The molecule has 0 fully saturated rings. The Morgan fingerprint density at radius 1 is 1.05 bits per heavy atom. The molecule has 98 valence electrons. The third-order valence-electron chi connectivity index (χ3n) is 3.07. The number of aryl methyl sites for hydroxylation is 3. The average Bonchev–Trinajstić information content (AvgIpc) is 2.40. The first-order chi connectivity index (χ1) is 9.06. The molecule has 0 bridgehead atoms. The lowest BCUT2D eigenvalue weighted by atomic mass is 10.0. The molecule has 4 heteroatoms. The number of nitro groups is 1. The van der Waals surface area contributed by atoms with Crippen LogP contribution in [0, 0.1) is 22.9 Å². The van der Waals surface area contributed by atoms with Gasteiger partial charge in [-0.3, -0.25) is 10.1 Å². The summed E-state index contributed by atoms with van der Waals surface area (Å²) < 4.78 is 13.1. The van der Waals surface area contributed by atoms with Crippen molar-refractivity contribution < 1.29 is 9.31 Å². The van der Waals surface area contributed by atoms with Crippen LogP contribution in [-0.4, -0.2) is 4.92 Å². The molecule has 3 nitrogen and oxygen atoms in total. The second-order valence-corrected chi connectivity index (χ2v) is 4.51. The van der Waals surface area contributed by atoms with Gasteiger partial charge in [-0.2, -0.15) is 0 Å². The van der Waals surface area contributed by atoms with Crippen molar-refractivity contribution >= 4 is 5.69 Å². The van der Waals surface area contributed by atoms with Crippen LogP contribution >= 0.6 is 0 Å². The summed E-state index contributed by atoms with van der Waals surface area (Å²) in [6.45, 7) is 1.74. The normalized spacial score (nSPS) is 10.4. The Bertz CT molecular complexity index is 594. The molecule has 0 spiro atoms. The zero-order valence-electron chi connectivity index (χ0n) is 10.6. The second kappa shape index (κ2) is 5.61. The van der Waals surface area contributed by atoms with E-state index in [2.05, 4.69) is 0 Å². The van der Waals surface area contributed by atoms with E-state index in [9.17, 15) is 14.5 Å². The SMILES string of the molecule is Cc1cc(CCc2ccc([N+](=O)[O-])cc2)ccc1F. The van der Waals surface area contributed by atoms with Crippen LogP contribution in [0.2, 0.25) is 0 Å². The predicted octanol–water partition coefficient (Wildman–Crippen LogP) is 3.83. The van der Waals surface area contributed by atoms with Crippen LogP contribution in [0.4, 0.5) is 10.1 Å². The third kappa shape index (κ3) is 3.37. The number of nitrogens with zero attached hydrogens (tertiary/aromatic N) is 1. The minimum atomic E-state index is -0.410. The molecule has 2 aromatic rings. The summed E-state index contributed by atoms with van der Waals surface area (Å²) >= 11 is 0. The first kappa shape index (κ1) is 13.2. The van der Waals surface area contributed by atoms with Gasteiger partial charge in [-0.1, -0.05) is 24.3 Å². The number of rotatable bonds is 4. The van der Waals surface area contributed by atoms with Crippen molar-refractivity contribution in [3.05, 3.63) is 75.1 Å². The summed E-state index contributed by atoms with van der Waals surface area (Å²) in [4.78, 5) is 10.1. The van der Waals surface area contributed by atoms with Crippen molar-refractivity contribution in [1.29, 1.82) is 0 Å². The van der Waals surface area contributed by atoms with Gasteiger partial charge in [0.15, 0.2) is 0 Å². The molecule has 19 heavy (non-hydrogen) atoms. The molecule has 0 heterocycles. The highest BCUT2D eigenvalue weighted by atomic mass is 19.1. The van der Waals surface area contributed by atoms with Gasteiger partial charge in [-0.25, -0.2) is 4.39 Å². The van der Waals surface area contributed by atoms with Gasteiger partial charge < -0.3 is 0 Å². The molecular formula is C15H14FNO2. The highest BCUT2D eigenvalue weighted by Gasteiger charge is 2.04. The van der Waals surface area contributed by atoms with Gasteiger partial charge in [0.25, 0.3) is 5.69 Å². The van der Waals surface area contributed by atoms with Crippen LogP contribution in [0.5, 0.6) is 0 Å². The van der Waals surface area contributed by atoms with Gasteiger partial charge >= 0.3 is 0 Å². The van der Waals surface area contributed by atoms with Crippen molar-refractivity contribution in [2.75, 3.05) is 0 Å². The fourth-order valence-corrected chi connectivity index (χ4v) is 1.94. The fourth-order valence-electron chi connectivity index (χ4n) is 1.94. The molecule has 0 radical (unpaired) electrons. The first-order valence-electron chi connectivity index (χ1n) is 6.04. The third-order valence-corrected chi connectivity index (χ3v) is 3.07. The molecule has 0 aliphatic heterocycles. The van der Waals surface area contributed by atoms with Gasteiger partial charge in [0.1, 0.15) is 5.82 Å². The smallest absolute Gasteiger partial charge is 0.258 e. The van der Waals surface area contributed by atoms with Gasteiger partial charge in [-0.15, -0.1) is 0 Å². The van der Waals surface area contributed by atoms with E-state index in [-0.39, 0.29) is 11.5 Å². The monoisotopic (exact) mass is 259 g/mol. The van der Waals surface area contributed by atoms with Gasteiger partial charge in [0.05, 0.1) is 4.92 Å². The highest BCUT2D eigenvalue weighted by molar-refractivity contribution is 5.33. The molecule has 0 atom stereocenters. The lowest BCUT2D eigenvalue weighted by Crippen LogP contribution is -1.94. The van der Waals surface area contributed by atoms with Crippen molar-refractivity contribution in [3.8, 4) is 0 Å². The number of nitro benzene ring substituents is 1. The van der Waals surface area contributed by atoms with E-state index in [1.54, 1.807) is 25.1 Å². The zero-order valence-corrected chi connectivity index (χ0v) is 10.6. The molecule has 2 rings (SSSR count). The van der Waals surface area contributed by atoms with Gasteiger partial charge in [-0.05, 0) is 42.5 Å². The predicted molar refractivity (Wildman–Crippen MR) is 71.6 cm³/mol. The summed E-state index contributed by atoms with van der Waals surface area (Å²) in [5.74, 6) is -0.195. The van der Waals surface area contributed by atoms with E-state index in [1.807, 2.05) is 6.07 Å². The Hall–Kier alpha value is -2.23. The largest absolute Gasteiger partial charge is 0.269 e. The van der Waals surface area contributed by atoms with Crippen LogP contribution in [0.1, 0.15) is 16.7 Å². The van der Waals surface area contributed by atoms with Crippen molar-refractivity contribution in [2.24, 2.45) is 0 Å². The summed E-state index contributed by atoms with van der Waals surface area (Å²) in [6, 6.07) is 11.6. The average molecular weight is 259 g/mol. The molecule has 0 aliphatic rings. The Balaban J connectivity index is 2.01. The summed E-state index contributed by atoms with van der Waals surface area (Å²) in [5.41, 5.74) is 2.84. The summed E-state index contributed by atoms with van der Waals surface area (Å²) in [6.07, 6.45) is 1.57. The first-order valence-corrected chi connectivity index (χ1v) is 6.04. The Labute approximate surface area is 110 Å². The molecule has 0 aliphatic carbocycles. The van der Waals surface area contributed by atoms with Crippen molar-refractivity contribution in [1.82, 2.24) is 0 Å². The van der Waals surface area contributed by atoms with Crippen LogP contribution in [0.3, 0.4) is 0 Å². The quantitative estimate of drug-likeness (QED) is 0.618. The Morgan fingerprint density at radius 3 is 2.21 bits per heavy atom. The van der Waals surface area contributed by atoms with Crippen molar-refractivity contribution in [3.63, 3.8) is 0 Å². The van der Waals surface area contributed by atoms with Crippen LogP contribution in [0.15, 0.2) is 42.5 Å². The number of hydrogen-bond donors (Lipinski definition) is 0. The number of hydrogen-bond acceptors (Lipinski definition) is 2. The molecule has 0 amide bonds. The maximum atomic E-state index is 13.1. The lowest BCUT2D eigenvalue weighted by Gasteiger charge is -2.04. The Kier molecular flexibility index (Phi) is 3.90. The zero-order chi connectivity index (χ0) is 13.8. The van der Waals surface area contributed by atoms with E-state index in [4.69, 9.17) is 0 Å². The van der Waals surface area contributed by atoms with Crippen LogP contribution in [0.25, 0.3) is 0 Å². The topological polar surface area (TPSA) is 43.1 Å². The molecule has 0 saturated heterocycles. The molecule has 0 aromatic heterocycles. The minimum Gasteiger partial charge on any atom is -0.258 e. The fraction of sp³-hybridized carbons (Fsp3) is 0.200. The summed E-state index contributed by atoms with van der Waals surface area (Å²) in [7, 11) is 0. The van der Waals surface area contributed by atoms with Gasteiger partial charge in [0, 0.05) is 12.1 Å². The van der Waals surface area contributed by atoms with E-state index < -0.39 is 4.92 Å². The number of halogens is 1. The van der Waals surface area contributed by atoms with Crippen molar-refractivity contribution in [2.45, 2.75) is 19.8 Å². The minimum absolute atomic E-state index is 0.0985. The maximum absolute atomic E-state index is 13.1. The molecule has 0 N–H and O–H groups in total. The van der Waals surface area contributed by atoms with E-state index >= 15 is 0 Å². The molecular weight excluding hydrogens is 245 g/mol. The number of benzene rings is 2. The van der Waals surface area contributed by atoms with E-state index in [0.717, 1.165) is 24.0 Å².